The van der Waals surface area contributed by atoms with Crippen LogP contribution in [0.2, 0.25) is 0 Å². The Morgan fingerprint density at radius 1 is 1.32 bits per heavy atom. The van der Waals surface area contributed by atoms with E-state index in [-0.39, 0.29) is 6.04 Å². The monoisotopic (exact) mass is 270 g/mol. The van der Waals surface area contributed by atoms with Gasteiger partial charge in [-0.2, -0.15) is 16.4 Å². The van der Waals surface area contributed by atoms with Crippen LogP contribution in [-0.2, 0) is 0 Å². The molecule has 0 aliphatic heterocycles. The van der Waals surface area contributed by atoms with Crippen LogP contribution in [0.15, 0.2) is 53.6 Å². The first-order valence-corrected chi connectivity index (χ1v) is 7.02. The van der Waals surface area contributed by atoms with Crippen LogP contribution in [0.5, 0.6) is 0 Å². The first-order valence-electron chi connectivity index (χ1n) is 6.07. The summed E-state index contributed by atoms with van der Waals surface area (Å²) in [5, 5.41) is 11.8. The SMILES string of the molecule is CC(Nc1ccc(-n2cccn2)nc1)c1ccsc1. The minimum absolute atomic E-state index is 0.281. The fourth-order valence-electron chi connectivity index (χ4n) is 1.87. The number of hydrogen-bond donors (Lipinski definition) is 1. The lowest BCUT2D eigenvalue weighted by atomic mass is 10.2. The topological polar surface area (TPSA) is 42.7 Å². The van der Waals surface area contributed by atoms with E-state index >= 15 is 0 Å². The number of anilines is 1. The lowest BCUT2D eigenvalue weighted by Crippen LogP contribution is -2.06. The smallest absolute Gasteiger partial charge is 0.153 e. The third-order valence-corrected chi connectivity index (χ3v) is 3.61. The first-order chi connectivity index (χ1) is 9.33. The summed E-state index contributed by atoms with van der Waals surface area (Å²) in [6.07, 6.45) is 5.45. The second-order valence-electron chi connectivity index (χ2n) is 4.28. The summed E-state index contributed by atoms with van der Waals surface area (Å²) in [4.78, 5) is 4.40. The molecule has 0 fully saturated rings. The number of hydrogen-bond acceptors (Lipinski definition) is 4. The van der Waals surface area contributed by atoms with Gasteiger partial charge in [-0.25, -0.2) is 9.67 Å². The zero-order valence-corrected chi connectivity index (χ0v) is 11.3. The molecule has 0 aliphatic rings. The van der Waals surface area contributed by atoms with Gasteiger partial charge < -0.3 is 5.32 Å². The molecule has 4 nitrogen and oxygen atoms in total. The summed E-state index contributed by atoms with van der Waals surface area (Å²) < 4.78 is 1.74. The van der Waals surface area contributed by atoms with E-state index in [0.717, 1.165) is 11.5 Å². The van der Waals surface area contributed by atoms with Crippen molar-refractivity contribution < 1.29 is 0 Å². The van der Waals surface area contributed by atoms with E-state index in [4.69, 9.17) is 0 Å². The number of aromatic nitrogens is 3. The Kier molecular flexibility index (Phi) is 3.29. The van der Waals surface area contributed by atoms with Gasteiger partial charge in [0.05, 0.1) is 11.9 Å². The van der Waals surface area contributed by atoms with Crippen molar-refractivity contribution in [3.63, 3.8) is 0 Å². The van der Waals surface area contributed by atoms with Crippen LogP contribution in [0.1, 0.15) is 18.5 Å². The zero-order chi connectivity index (χ0) is 13.1. The molecule has 0 aliphatic carbocycles. The second kappa shape index (κ2) is 5.24. The first kappa shape index (κ1) is 11.9. The molecule has 1 unspecified atom stereocenters. The van der Waals surface area contributed by atoms with Crippen LogP contribution in [0.3, 0.4) is 0 Å². The van der Waals surface area contributed by atoms with Gasteiger partial charge in [0.2, 0.25) is 0 Å². The van der Waals surface area contributed by atoms with E-state index in [1.54, 1.807) is 22.2 Å². The standard InChI is InChI=1S/C14H14N4S/c1-11(12-5-8-19-10-12)17-13-3-4-14(15-9-13)18-7-2-6-16-18/h2-11,17H,1H3. The Morgan fingerprint density at radius 2 is 2.26 bits per heavy atom. The van der Waals surface area contributed by atoms with Crippen molar-refractivity contribution >= 4 is 17.0 Å². The number of rotatable bonds is 4. The van der Waals surface area contributed by atoms with Crippen molar-refractivity contribution in [2.75, 3.05) is 5.32 Å². The maximum absolute atomic E-state index is 4.40. The molecular weight excluding hydrogens is 256 g/mol. The Bertz CT molecular complexity index is 614. The van der Waals surface area contributed by atoms with Gasteiger partial charge in [0.15, 0.2) is 5.82 Å². The lowest BCUT2D eigenvalue weighted by Gasteiger charge is -2.13. The van der Waals surface area contributed by atoms with E-state index in [2.05, 4.69) is 39.1 Å². The van der Waals surface area contributed by atoms with Crippen LogP contribution in [0, 0.1) is 0 Å². The highest BCUT2D eigenvalue weighted by atomic mass is 32.1. The van der Waals surface area contributed by atoms with E-state index < -0.39 is 0 Å². The molecule has 0 saturated heterocycles. The van der Waals surface area contributed by atoms with Crippen molar-refractivity contribution in [2.45, 2.75) is 13.0 Å². The van der Waals surface area contributed by atoms with Gasteiger partial charge in [-0.15, -0.1) is 0 Å². The molecule has 0 amide bonds. The molecule has 3 aromatic heterocycles. The molecule has 96 valence electrons. The molecule has 1 N–H and O–H groups in total. The summed E-state index contributed by atoms with van der Waals surface area (Å²) in [6.45, 7) is 2.14. The van der Waals surface area contributed by atoms with Crippen LogP contribution < -0.4 is 5.32 Å². The van der Waals surface area contributed by atoms with E-state index in [9.17, 15) is 0 Å². The Balaban J connectivity index is 1.73. The summed E-state index contributed by atoms with van der Waals surface area (Å²) in [5.41, 5.74) is 2.30. The van der Waals surface area contributed by atoms with Crippen LogP contribution in [-0.4, -0.2) is 14.8 Å². The van der Waals surface area contributed by atoms with Gasteiger partial charge in [-0.1, -0.05) is 0 Å². The van der Waals surface area contributed by atoms with Crippen molar-refractivity contribution in [1.29, 1.82) is 0 Å². The van der Waals surface area contributed by atoms with Gasteiger partial charge in [-0.05, 0) is 47.5 Å². The summed E-state index contributed by atoms with van der Waals surface area (Å²) in [7, 11) is 0. The molecule has 0 saturated carbocycles. The number of pyridine rings is 1. The molecule has 19 heavy (non-hydrogen) atoms. The molecule has 0 spiro atoms. The molecular formula is C14H14N4S. The van der Waals surface area contributed by atoms with Crippen LogP contribution >= 0.6 is 11.3 Å². The van der Waals surface area contributed by atoms with Crippen molar-refractivity contribution in [3.8, 4) is 5.82 Å². The van der Waals surface area contributed by atoms with E-state index in [0.29, 0.717) is 0 Å². The fourth-order valence-corrected chi connectivity index (χ4v) is 2.62. The molecule has 3 heterocycles. The van der Waals surface area contributed by atoms with Crippen LogP contribution in [0.25, 0.3) is 5.82 Å². The summed E-state index contributed by atoms with van der Waals surface area (Å²) in [5.74, 6) is 0.818. The summed E-state index contributed by atoms with van der Waals surface area (Å²) >= 11 is 1.71. The maximum Gasteiger partial charge on any atom is 0.153 e. The van der Waals surface area contributed by atoms with Gasteiger partial charge in [0.25, 0.3) is 0 Å². The number of nitrogens with zero attached hydrogens (tertiary/aromatic N) is 3. The Morgan fingerprint density at radius 3 is 2.89 bits per heavy atom. The fraction of sp³-hybridized carbons (Fsp3) is 0.143. The number of nitrogens with one attached hydrogen (secondary N) is 1. The van der Waals surface area contributed by atoms with E-state index in [1.165, 1.54) is 5.56 Å². The van der Waals surface area contributed by atoms with Gasteiger partial charge in [-0.3, -0.25) is 0 Å². The Hall–Kier alpha value is -2.14. The largest absolute Gasteiger partial charge is 0.377 e. The van der Waals surface area contributed by atoms with Gasteiger partial charge in [0.1, 0.15) is 0 Å². The summed E-state index contributed by atoms with van der Waals surface area (Å²) in [6, 6.07) is 8.27. The third kappa shape index (κ3) is 2.66. The van der Waals surface area contributed by atoms with Crippen molar-refractivity contribution in [2.24, 2.45) is 0 Å². The molecule has 0 bridgehead atoms. The number of thiophene rings is 1. The molecule has 0 radical (unpaired) electrons. The second-order valence-corrected chi connectivity index (χ2v) is 5.06. The van der Waals surface area contributed by atoms with Crippen molar-refractivity contribution in [3.05, 3.63) is 59.2 Å². The van der Waals surface area contributed by atoms with Gasteiger partial charge in [0, 0.05) is 18.4 Å². The maximum atomic E-state index is 4.40. The molecule has 0 aromatic carbocycles. The highest BCUT2D eigenvalue weighted by Crippen LogP contribution is 2.21. The van der Waals surface area contributed by atoms with E-state index in [1.807, 2.05) is 30.6 Å². The highest BCUT2D eigenvalue weighted by molar-refractivity contribution is 7.07. The van der Waals surface area contributed by atoms with Gasteiger partial charge >= 0.3 is 0 Å². The van der Waals surface area contributed by atoms with Crippen LogP contribution in [0.4, 0.5) is 5.69 Å². The molecule has 5 heteroatoms. The predicted octanol–water partition coefficient (Wildman–Crippen LogP) is 3.50. The Labute approximate surface area is 115 Å². The average Bonchev–Trinajstić information content (AvgIpc) is 3.13. The molecule has 3 rings (SSSR count). The molecule has 1 atom stereocenters. The minimum atomic E-state index is 0.281. The normalized spacial score (nSPS) is 12.3. The lowest BCUT2D eigenvalue weighted by molar-refractivity contribution is 0.843. The highest BCUT2D eigenvalue weighted by Gasteiger charge is 2.06. The predicted molar refractivity (Wildman–Crippen MR) is 77.7 cm³/mol. The minimum Gasteiger partial charge on any atom is -0.377 e. The average molecular weight is 270 g/mol. The quantitative estimate of drug-likeness (QED) is 0.789. The zero-order valence-electron chi connectivity index (χ0n) is 10.5. The molecule has 3 aromatic rings. The third-order valence-electron chi connectivity index (χ3n) is 2.91. The van der Waals surface area contributed by atoms with Crippen molar-refractivity contribution in [1.82, 2.24) is 14.8 Å².